The number of benzene rings is 2. The van der Waals surface area contributed by atoms with E-state index in [2.05, 4.69) is 10.0 Å². The fraction of sp³-hybridized carbons (Fsp3) is 0.235. The highest BCUT2D eigenvalue weighted by Crippen LogP contribution is 2.20. The molecular formula is C17H19FN2O3S. The van der Waals surface area contributed by atoms with E-state index in [0.717, 1.165) is 0 Å². The second-order valence-corrected chi connectivity index (χ2v) is 7.16. The van der Waals surface area contributed by atoms with Crippen LogP contribution in [-0.2, 0) is 10.0 Å². The maximum atomic E-state index is 13.3. The third-order valence-electron chi connectivity index (χ3n) is 3.55. The molecule has 2 aromatic rings. The molecule has 0 fully saturated rings. The van der Waals surface area contributed by atoms with Crippen molar-refractivity contribution in [1.82, 2.24) is 4.72 Å². The lowest BCUT2D eigenvalue weighted by Crippen LogP contribution is -2.24. The van der Waals surface area contributed by atoms with Gasteiger partial charge in [0, 0.05) is 17.8 Å². The summed E-state index contributed by atoms with van der Waals surface area (Å²) >= 11 is 0. The first-order valence-electron chi connectivity index (χ1n) is 7.42. The van der Waals surface area contributed by atoms with Crippen molar-refractivity contribution in [3.05, 3.63) is 58.9 Å². The Labute approximate surface area is 141 Å². The monoisotopic (exact) mass is 350 g/mol. The summed E-state index contributed by atoms with van der Waals surface area (Å²) in [4.78, 5) is 12.5. The first-order valence-corrected chi connectivity index (χ1v) is 8.90. The van der Waals surface area contributed by atoms with Crippen molar-refractivity contribution in [3.63, 3.8) is 0 Å². The number of halogens is 1. The standard InChI is InChI=1S/C17H19FN2O3S/c1-4-19-24(22,23)14-8-6-11(2)15(10-14)17(21)20-16-9-13(18)7-5-12(16)3/h5-10,19H,4H2,1-3H3,(H,20,21). The Balaban J connectivity index is 2.37. The molecule has 0 aromatic heterocycles. The molecule has 0 saturated carbocycles. The predicted molar refractivity (Wildman–Crippen MR) is 91.1 cm³/mol. The second kappa shape index (κ2) is 7.11. The number of hydrogen-bond acceptors (Lipinski definition) is 3. The van der Waals surface area contributed by atoms with Gasteiger partial charge in [0.1, 0.15) is 5.82 Å². The highest BCUT2D eigenvalue weighted by Gasteiger charge is 2.18. The Morgan fingerprint density at radius 1 is 1.08 bits per heavy atom. The summed E-state index contributed by atoms with van der Waals surface area (Å²) in [6, 6.07) is 8.41. The highest BCUT2D eigenvalue weighted by molar-refractivity contribution is 7.89. The largest absolute Gasteiger partial charge is 0.322 e. The molecule has 0 aliphatic heterocycles. The smallest absolute Gasteiger partial charge is 0.255 e. The van der Waals surface area contributed by atoms with E-state index in [4.69, 9.17) is 0 Å². The summed E-state index contributed by atoms with van der Waals surface area (Å²) < 4.78 is 39.9. The quantitative estimate of drug-likeness (QED) is 0.870. The van der Waals surface area contributed by atoms with Gasteiger partial charge in [0.25, 0.3) is 5.91 Å². The molecule has 0 unspecified atom stereocenters. The zero-order valence-electron chi connectivity index (χ0n) is 13.7. The van der Waals surface area contributed by atoms with Gasteiger partial charge < -0.3 is 5.32 Å². The topological polar surface area (TPSA) is 75.3 Å². The number of aryl methyl sites for hydroxylation is 2. The van der Waals surface area contributed by atoms with E-state index in [-0.39, 0.29) is 17.0 Å². The van der Waals surface area contributed by atoms with Crippen LogP contribution in [0.3, 0.4) is 0 Å². The van der Waals surface area contributed by atoms with E-state index >= 15 is 0 Å². The maximum absolute atomic E-state index is 13.3. The molecule has 128 valence electrons. The average molecular weight is 350 g/mol. The second-order valence-electron chi connectivity index (χ2n) is 5.39. The Kier molecular flexibility index (Phi) is 5.36. The Bertz CT molecular complexity index is 879. The lowest BCUT2D eigenvalue weighted by atomic mass is 10.1. The minimum Gasteiger partial charge on any atom is -0.322 e. The Morgan fingerprint density at radius 2 is 1.75 bits per heavy atom. The fourth-order valence-electron chi connectivity index (χ4n) is 2.20. The number of nitrogens with one attached hydrogen (secondary N) is 2. The molecule has 0 atom stereocenters. The summed E-state index contributed by atoms with van der Waals surface area (Å²) in [7, 11) is -3.66. The molecule has 0 heterocycles. The Hall–Kier alpha value is -2.25. The summed E-state index contributed by atoms with van der Waals surface area (Å²) in [5.74, 6) is -0.953. The zero-order valence-corrected chi connectivity index (χ0v) is 14.5. The molecular weight excluding hydrogens is 331 g/mol. The van der Waals surface area contributed by atoms with Crippen molar-refractivity contribution in [2.24, 2.45) is 0 Å². The number of carbonyl (C=O) groups excluding carboxylic acids is 1. The van der Waals surface area contributed by atoms with Crippen molar-refractivity contribution >= 4 is 21.6 Å². The minimum absolute atomic E-state index is 0.0102. The first-order chi connectivity index (χ1) is 11.2. The molecule has 0 aliphatic carbocycles. The van der Waals surface area contributed by atoms with Crippen LogP contribution >= 0.6 is 0 Å². The van der Waals surface area contributed by atoms with E-state index in [0.29, 0.717) is 16.8 Å². The lowest BCUT2D eigenvalue weighted by Gasteiger charge is -2.12. The maximum Gasteiger partial charge on any atom is 0.255 e. The van der Waals surface area contributed by atoms with Gasteiger partial charge in [-0.2, -0.15) is 0 Å². The number of anilines is 1. The van der Waals surface area contributed by atoms with Crippen molar-refractivity contribution in [3.8, 4) is 0 Å². The highest BCUT2D eigenvalue weighted by atomic mass is 32.2. The van der Waals surface area contributed by atoms with Crippen LogP contribution in [0.25, 0.3) is 0 Å². The number of hydrogen-bond donors (Lipinski definition) is 2. The van der Waals surface area contributed by atoms with Crippen LogP contribution in [0.5, 0.6) is 0 Å². The van der Waals surface area contributed by atoms with E-state index < -0.39 is 21.7 Å². The summed E-state index contributed by atoms with van der Waals surface area (Å²) in [6.07, 6.45) is 0. The van der Waals surface area contributed by atoms with Gasteiger partial charge in [-0.25, -0.2) is 17.5 Å². The van der Waals surface area contributed by atoms with Crippen molar-refractivity contribution in [2.45, 2.75) is 25.7 Å². The van der Waals surface area contributed by atoms with Crippen LogP contribution in [-0.4, -0.2) is 20.9 Å². The number of carbonyl (C=O) groups is 1. The van der Waals surface area contributed by atoms with Crippen LogP contribution in [0.4, 0.5) is 10.1 Å². The SMILES string of the molecule is CCNS(=O)(=O)c1ccc(C)c(C(=O)Nc2cc(F)ccc2C)c1. The van der Waals surface area contributed by atoms with Gasteiger partial charge in [0.05, 0.1) is 4.90 Å². The van der Waals surface area contributed by atoms with Gasteiger partial charge in [-0.05, 0) is 49.2 Å². The van der Waals surface area contributed by atoms with Gasteiger partial charge in [-0.15, -0.1) is 0 Å². The molecule has 0 bridgehead atoms. The number of amides is 1. The van der Waals surface area contributed by atoms with Crippen molar-refractivity contribution in [1.29, 1.82) is 0 Å². The average Bonchev–Trinajstić information content (AvgIpc) is 2.51. The normalized spacial score (nSPS) is 11.3. The zero-order chi connectivity index (χ0) is 17.9. The van der Waals surface area contributed by atoms with Gasteiger partial charge >= 0.3 is 0 Å². The number of sulfonamides is 1. The van der Waals surface area contributed by atoms with Crippen LogP contribution in [0, 0.1) is 19.7 Å². The molecule has 2 rings (SSSR count). The number of rotatable bonds is 5. The molecule has 1 amide bonds. The molecule has 7 heteroatoms. The molecule has 0 aliphatic rings. The van der Waals surface area contributed by atoms with Gasteiger partial charge in [-0.1, -0.05) is 19.1 Å². The molecule has 2 N–H and O–H groups in total. The third-order valence-corrected chi connectivity index (χ3v) is 5.09. The molecule has 2 aromatic carbocycles. The van der Waals surface area contributed by atoms with Gasteiger partial charge in [-0.3, -0.25) is 4.79 Å². The van der Waals surface area contributed by atoms with E-state index in [1.165, 1.54) is 24.3 Å². The van der Waals surface area contributed by atoms with Crippen LogP contribution < -0.4 is 10.0 Å². The third kappa shape index (κ3) is 3.98. The van der Waals surface area contributed by atoms with E-state index in [1.807, 2.05) is 0 Å². The van der Waals surface area contributed by atoms with Crippen molar-refractivity contribution < 1.29 is 17.6 Å². The fourth-order valence-corrected chi connectivity index (χ4v) is 3.27. The van der Waals surface area contributed by atoms with Crippen LogP contribution in [0.1, 0.15) is 28.4 Å². The summed E-state index contributed by atoms with van der Waals surface area (Å²) in [5.41, 5.74) is 1.90. The Morgan fingerprint density at radius 3 is 2.42 bits per heavy atom. The van der Waals surface area contributed by atoms with E-state index in [9.17, 15) is 17.6 Å². The molecule has 5 nitrogen and oxygen atoms in total. The van der Waals surface area contributed by atoms with Crippen LogP contribution in [0.2, 0.25) is 0 Å². The summed E-state index contributed by atoms with van der Waals surface area (Å²) in [6.45, 7) is 5.37. The summed E-state index contributed by atoms with van der Waals surface area (Å²) in [5, 5.41) is 2.62. The van der Waals surface area contributed by atoms with Crippen LogP contribution in [0.15, 0.2) is 41.3 Å². The molecule has 0 spiro atoms. The van der Waals surface area contributed by atoms with Gasteiger partial charge in [0.15, 0.2) is 0 Å². The van der Waals surface area contributed by atoms with E-state index in [1.54, 1.807) is 32.9 Å². The molecule has 0 radical (unpaired) electrons. The predicted octanol–water partition coefficient (Wildman–Crippen LogP) is 2.99. The van der Waals surface area contributed by atoms with Crippen molar-refractivity contribution in [2.75, 3.05) is 11.9 Å². The van der Waals surface area contributed by atoms with Gasteiger partial charge in [0.2, 0.25) is 10.0 Å². The molecule has 0 saturated heterocycles. The molecule has 24 heavy (non-hydrogen) atoms. The first kappa shape index (κ1) is 18.1. The minimum atomic E-state index is -3.66. The lowest BCUT2D eigenvalue weighted by molar-refractivity contribution is 0.102.